The molecule has 2 aliphatic heterocycles. The minimum atomic E-state index is -0.421. The Morgan fingerprint density at radius 3 is 2.62 bits per heavy atom. The van der Waals surface area contributed by atoms with Crippen molar-refractivity contribution in [2.75, 3.05) is 47.0 Å². The lowest BCUT2D eigenvalue weighted by Crippen LogP contribution is -2.56. The highest BCUT2D eigenvalue weighted by Crippen LogP contribution is 2.23. The number of nitrogens with zero attached hydrogens (tertiary/aromatic N) is 2. The maximum Gasteiger partial charge on any atom is 0.237 e. The van der Waals surface area contributed by atoms with Gasteiger partial charge >= 0.3 is 0 Å². The maximum absolute atomic E-state index is 12.9. The van der Waals surface area contributed by atoms with Crippen LogP contribution in [0, 0.1) is 12.8 Å². The fourth-order valence-electron chi connectivity index (χ4n) is 4.33. The van der Waals surface area contributed by atoms with E-state index in [0.717, 1.165) is 56.0 Å². The van der Waals surface area contributed by atoms with Gasteiger partial charge in [-0.1, -0.05) is 12.1 Å². The molecular formula is C22H33N3O4. The van der Waals surface area contributed by atoms with Crippen molar-refractivity contribution < 1.29 is 19.1 Å². The number of benzene rings is 1. The van der Waals surface area contributed by atoms with Crippen LogP contribution < -0.4 is 10.1 Å². The van der Waals surface area contributed by atoms with Gasteiger partial charge in [-0.3, -0.25) is 14.5 Å². The van der Waals surface area contributed by atoms with Crippen LogP contribution >= 0.6 is 0 Å². The number of amides is 2. The van der Waals surface area contributed by atoms with E-state index in [4.69, 9.17) is 9.47 Å². The summed E-state index contributed by atoms with van der Waals surface area (Å²) in [5, 5.41) is 2.92. The number of ether oxygens (including phenoxy) is 2. The fraction of sp³-hybridized carbons (Fsp3) is 0.636. The zero-order valence-corrected chi connectivity index (χ0v) is 17.8. The van der Waals surface area contributed by atoms with Gasteiger partial charge in [0.2, 0.25) is 11.8 Å². The van der Waals surface area contributed by atoms with Gasteiger partial charge in [0.05, 0.1) is 19.6 Å². The van der Waals surface area contributed by atoms with Crippen LogP contribution in [0.1, 0.15) is 30.4 Å². The lowest BCUT2D eigenvalue weighted by molar-refractivity contribution is -0.140. The predicted molar refractivity (Wildman–Crippen MR) is 111 cm³/mol. The number of carbonyl (C=O) groups excluding carboxylic acids is 2. The number of piperidine rings is 1. The molecule has 2 saturated heterocycles. The molecule has 2 heterocycles. The monoisotopic (exact) mass is 403 g/mol. The van der Waals surface area contributed by atoms with Crippen LogP contribution in [0.15, 0.2) is 18.2 Å². The first-order valence-corrected chi connectivity index (χ1v) is 10.4. The molecule has 7 heteroatoms. The van der Waals surface area contributed by atoms with E-state index in [2.05, 4.69) is 16.3 Å². The van der Waals surface area contributed by atoms with Gasteiger partial charge in [0.15, 0.2) is 0 Å². The molecule has 7 nitrogen and oxygen atoms in total. The lowest BCUT2D eigenvalue weighted by Gasteiger charge is -2.37. The molecule has 2 amide bonds. The van der Waals surface area contributed by atoms with Crippen molar-refractivity contribution in [1.82, 2.24) is 15.1 Å². The molecule has 1 atom stereocenters. The predicted octanol–water partition coefficient (Wildman–Crippen LogP) is 1.58. The molecule has 0 bridgehead atoms. The number of aryl methyl sites for hydroxylation is 1. The Morgan fingerprint density at radius 2 is 1.97 bits per heavy atom. The third kappa shape index (κ3) is 5.48. The molecule has 160 valence electrons. The summed E-state index contributed by atoms with van der Waals surface area (Å²) in [6, 6.07) is 5.65. The summed E-state index contributed by atoms with van der Waals surface area (Å²) in [6.07, 6.45) is 2.16. The number of rotatable bonds is 7. The molecule has 0 aromatic heterocycles. The van der Waals surface area contributed by atoms with Crippen molar-refractivity contribution >= 4 is 11.8 Å². The molecular weight excluding hydrogens is 370 g/mol. The summed E-state index contributed by atoms with van der Waals surface area (Å²) in [5.41, 5.74) is 2.19. The second-order valence-corrected chi connectivity index (χ2v) is 8.06. The molecule has 0 saturated carbocycles. The quantitative estimate of drug-likeness (QED) is 0.749. The summed E-state index contributed by atoms with van der Waals surface area (Å²) in [5.74, 6) is 1.40. The van der Waals surface area contributed by atoms with Crippen molar-refractivity contribution in [1.29, 1.82) is 0 Å². The van der Waals surface area contributed by atoms with Gasteiger partial charge < -0.3 is 19.7 Å². The Hall–Kier alpha value is -2.12. The summed E-state index contributed by atoms with van der Waals surface area (Å²) in [4.78, 5) is 29.5. The van der Waals surface area contributed by atoms with Crippen molar-refractivity contribution in [3.05, 3.63) is 29.3 Å². The summed E-state index contributed by atoms with van der Waals surface area (Å²) < 4.78 is 10.6. The third-order valence-electron chi connectivity index (χ3n) is 6.02. The number of hydrogen-bond donors (Lipinski definition) is 1. The highest BCUT2D eigenvalue weighted by Gasteiger charge is 2.33. The van der Waals surface area contributed by atoms with Gasteiger partial charge in [-0.05, 0) is 42.9 Å². The molecule has 29 heavy (non-hydrogen) atoms. The van der Waals surface area contributed by atoms with E-state index < -0.39 is 6.04 Å². The van der Waals surface area contributed by atoms with Crippen molar-refractivity contribution in [2.45, 2.75) is 38.8 Å². The molecule has 1 unspecified atom stereocenters. The van der Waals surface area contributed by atoms with E-state index in [9.17, 15) is 9.59 Å². The van der Waals surface area contributed by atoms with Gasteiger partial charge in [-0.25, -0.2) is 0 Å². The minimum absolute atomic E-state index is 0.0518. The first kappa shape index (κ1) is 21.6. The number of carbonyl (C=O) groups is 2. The van der Waals surface area contributed by atoms with Crippen LogP contribution in [-0.4, -0.2) is 74.7 Å². The van der Waals surface area contributed by atoms with Crippen LogP contribution in [-0.2, 0) is 20.9 Å². The zero-order valence-electron chi connectivity index (χ0n) is 17.8. The molecule has 1 aromatic carbocycles. The van der Waals surface area contributed by atoms with Crippen LogP contribution in [0.4, 0.5) is 0 Å². The number of methoxy groups -OCH3 is 2. The Labute approximate surface area is 173 Å². The number of likely N-dealkylation sites (tertiary alicyclic amines) is 1. The third-order valence-corrected chi connectivity index (χ3v) is 6.02. The summed E-state index contributed by atoms with van der Waals surface area (Å²) in [7, 11) is 3.38. The second-order valence-electron chi connectivity index (χ2n) is 8.06. The summed E-state index contributed by atoms with van der Waals surface area (Å²) >= 11 is 0. The van der Waals surface area contributed by atoms with E-state index >= 15 is 0 Å². The van der Waals surface area contributed by atoms with Crippen molar-refractivity contribution in [3.8, 4) is 5.75 Å². The zero-order chi connectivity index (χ0) is 20.8. The molecule has 1 N–H and O–H groups in total. The van der Waals surface area contributed by atoms with E-state index in [0.29, 0.717) is 19.0 Å². The minimum Gasteiger partial charge on any atom is -0.496 e. The van der Waals surface area contributed by atoms with Crippen molar-refractivity contribution in [3.63, 3.8) is 0 Å². The Morgan fingerprint density at radius 1 is 1.21 bits per heavy atom. The molecule has 2 fully saturated rings. The number of hydrogen-bond acceptors (Lipinski definition) is 5. The van der Waals surface area contributed by atoms with Gasteiger partial charge in [0.25, 0.3) is 0 Å². The van der Waals surface area contributed by atoms with Crippen LogP contribution in [0.25, 0.3) is 0 Å². The Kier molecular flexibility index (Phi) is 7.50. The number of piperazine rings is 1. The van der Waals surface area contributed by atoms with Crippen LogP contribution in [0.3, 0.4) is 0 Å². The van der Waals surface area contributed by atoms with E-state index in [1.807, 2.05) is 24.0 Å². The average Bonchev–Trinajstić information content (AvgIpc) is 2.71. The van der Waals surface area contributed by atoms with Gasteiger partial charge in [-0.15, -0.1) is 0 Å². The lowest BCUT2D eigenvalue weighted by atomic mass is 9.97. The Bertz CT molecular complexity index is 716. The standard InChI is InChI=1S/C22H33N3O4/c1-16-12-18(4-5-20(16)29-3)14-25-11-8-23-22(27)19(25)13-21(26)24-9-6-17(7-10-24)15-28-2/h4-5,12,17,19H,6-11,13-15H2,1-3H3,(H,23,27). The highest BCUT2D eigenvalue weighted by atomic mass is 16.5. The smallest absolute Gasteiger partial charge is 0.237 e. The average molecular weight is 404 g/mol. The van der Waals surface area contributed by atoms with Crippen LogP contribution in [0.5, 0.6) is 5.75 Å². The number of nitrogens with one attached hydrogen (secondary N) is 1. The molecule has 3 rings (SSSR count). The summed E-state index contributed by atoms with van der Waals surface area (Å²) in [6.45, 7) is 6.26. The van der Waals surface area contributed by atoms with Gasteiger partial charge in [-0.2, -0.15) is 0 Å². The van der Waals surface area contributed by atoms with E-state index in [1.165, 1.54) is 0 Å². The SMILES string of the molecule is COCC1CCN(C(=O)CC2C(=O)NCCN2Cc2ccc(OC)c(C)c2)CC1. The second kappa shape index (κ2) is 10.1. The first-order valence-electron chi connectivity index (χ1n) is 10.4. The molecule has 0 aliphatic carbocycles. The topological polar surface area (TPSA) is 71.1 Å². The molecule has 0 radical (unpaired) electrons. The fourth-order valence-corrected chi connectivity index (χ4v) is 4.33. The van der Waals surface area contributed by atoms with Gasteiger partial charge in [0.1, 0.15) is 5.75 Å². The largest absolute Gasteiger partial charge is 0.496 e. The van der Waals surface area contributed by atoms with Crippen LogP contribution in [0.2, 0.25) is 0 Å². The van der Waals surface area contributed by atoms with E-state index in [1.54, 1.807) is 14.2 Å². The van der Waals surface area contributed by atoms with Crippen molar-refractivity contribution in [2.24, 2.45) is 5.92 Å². The first-order chi connectivity index (χ1) is 14.0. The van der Waals surface area contributed by atoms with Gasteiger partial charge in [0, 0.05) is 46.4 Å². The highest BCUT2D eigenvalue weighted by molar-refractivity contribution is 5.88. The normalized spacial score (nSPS) is 21.1. The van der Waals surface area contributed by atoms with E-state index in [-0.39, 0.29) is 18.2 Å². The Balaban J connectivity index is 1.62. The molecule has 1 aromatic rings. The molecule has 0 spiro atoms. The molecule has 2 aliphatic rings. The maximum atomic E-state index is 12.9.